The van der Waals surface area contributed by atoms with Gasteiger partial charge in [0.05, 0.1) is 7.11 Å². The summed E-state index contributed by atoms with van der Waals surface area (Å²) in [6, 6.07) is 7.84. The van der Waals surface area contributed by atoms with Crippen molar-refractivity contribution >= 4 is 5.91 Å². The topological polar surface area (TPSA) is 29.5 Å². The third-order valence-corrected chi connectivity index (χ3v) is 3.68. The van der Waals surface area contributed by atoms with Crippen molar-refractivity contribution in [2.45, 2.75) is 38.6 Å². The molecule has 0 N–H and O–H groups in total. The lowest BCUT2D eigenvalue weighted by Gasteiger charge is -2.27. The fourth-order valence-electron chi connectivity index (χ4n) is 2.71. The predicted octanol–water partition coefficient (Wildman–Crippen LogP) is 3.10. The van der Waals surface area contributed by atoms with Crippen LogP contribution in [0.3, 0.4) is 0 Å². The number of amides is 1. The van der Waals surface area contributed by atoms with E-state index < -0.39 is 0 Å². The number of ether oxygens (including phenoxy) is 1. The van der Waals surface area contributed by atoms with E-state index in [2.05, 4.69) is 6.92 Å². The number of carbonyl (C=O) groups is 1. The molecule has 1 aliphatic carbocycles. The lowest BCUT2D eigenvalue weighted by molar-refractivity contribution is 0.0693. The molecule has 0 atom stereocenters. The van der Waals surface area contributed by atoms with Crippen molar-refractivity contribution in [3.63, 3.8) is 0 Å². The SMILES string of the molecule is CCN(C(=O)c1cccc(OC)c1)C1CCCC1. The highest BCUT2D eigenvalue weighted by Crippen LogP contribution is 2.25. The zero-order chi connectivity index (χ0) is 13.0. The maximum absolute atomic E-state index is 12.5. The highest BCUT2D eigenvalue weighted by molar-refractivity contribution is 5.94. The highest BCUT2D eigenvalue weighted by Gasteiger charge is 2.26. The smallest absolute Gasteiger partial charge is 0.254 e. The third kappa shape index (κ3) is 2.66. The Morgan fingerprint density at radius 1 is 1.39 bits per heavy atom. The van der Waals surface area contributed by atoms with Gasteiger partial charge in [-0.25, -0.2) is 0 Å². The van der Waals surface area contributed by atoms with Crippen LogP contribution in [0, 0.1) is 0 Å². The number of rotatable bonds is 4. The molecule has 1 aromatic carbocycles. The molecule has 1 saturated carbocycles. The molecule has 18 heavy (non-hydrogen) atoms. The standard InChI is InChI=1S/C15H21NO2/c1-3-16(13-8-4-5-9-13)15(17)12-7-6-10-14(11-12)18-2/h6-7,10-11,13H,3-5,8-9H2,1-2H3. The molecule has 3 nitrogen and oxygen atoms in total. The lowest BCUT2D eigenvalue weighted by atomic mass is 10.1. The molecule has 1 fully saturated rings. The van der Waals surface area contributed by atoms with Crippen LogP contribution in [0.5, 0.6) is 5.75 Å². The summed E-state index contributed by atoms with van der Waals surface area (Å²) >= 11 is 0. The first kappa shape index (κ1) is 12.9. The Morgan fingerprint density at radius 3 is 2.72 bits per heavy atom. The van der Waals surface area contributed by atoms with Gasteiger partial charge in [0.1, 0.15) is 5.75 Å². The van der Waals surface area contributed by atoms with Crippen LogP contribution in [-0.4, -0.2) is 30.5 Å². The highest BCUT2D eigenvalue weighted by atomic mass is 16.5. The second-order valence-corrected chi connectivity index (χ2v) is 4.76. The van der Waals surface area contributed by atoms with E-state index in [1.807, 2.05) is 29.2 Å². The summed E-state index contributed by atoms with van der Waals surface area (Å²) in [7, 11) is 1.62. The summed E-state index contributed by atoms with van der Waals surface area (Å²) in [6.45, 7) is 2.83. The van der Waals surface area contributed by atoms with E-state index >= 15 is 0 Å². The van der Waals surface area contributed by atoms with Gasteiger partial charge in [0, 0.05) is 18.2 Å². The quantitative estimate of drug-likeness (QED) is 0.818. The van der Waals surface area contributed by atoms with Crippen LogP contribution in [0.4, 0.5) is 0 Å². The van der Waals surface area contributed by atoms with Crippen molar-refractivity contribution in [3.8, 4) is 5.75 Å². The predicted molar refractivity (Wildman–Crippen MR) is 72.0 cm³/mol. The summed E-state index contributed by atoms with van der Waals surface area (Å²) in [5.41, 5.74) is 0.725. The molecule has 1 aliphatic rings. The number of methoxy groups -OCH3 is 1. The second kappa shape index (κ2) is 5.89. The van der Waals surface area contributed by atoms with E-state index in [0.29, 0.717) is 6.04 Å². The van der Waals surface area contributed by atoms with Gasteiger partial charge in [-0.05, 0) is 38.0 Å². The first-order valence-corrected chi connectivity index (χ1v) is 6.71. The third-order valence-electron chi connectivity index (χ3n) is 3.68. The molecular formula is C15H21NO2. The molecule has 0 heterocycles. The first-order valence-electron chi connectivity index (χ1n) is 6.71. The van der Waals surface area contributed by atoms with E-state index in [1.165, 1.54) is 12.8 Å². The van der Waals surface area contributed by atoms with Gasteiger partial charge in [-0.15, -0.1) is 0 Å². The Bertz CT molecular complexity index is 411. The molecule has 1 amide bonds. The molecule has 98 valence electrons. The van der Waals surface area contributed by atoms with Crippen LogP contribution in [0.1, 0.15) is 43.0 Å². The Labute approximate surface area is 109 Å². The van der Waals surface area contributed by atoms with Gasteiger partial charge in [0.15, 0.2) is 0 Å². The van der Waals surface area contributed by atoms with Crippen LogP contribution in [0.25, 0.3) is 0 Å². The van der Waals surface area contributed by atoms with Crippen molar-refractivity contribution < 1.29 is 9.53 Å². The summed E-state index contributed by atoms with van der Waals surface area (Å²) < 4.78 is 5.17. The monoisotopic (exact) mass is 247 g/mol. The van der Waals surface area contributed by atoms with Gasteiger partial charge in [-0.2, -0.15) is 0 Å². The minimum absolute atomic E-state index is 0.128. The fourth-order valence-corrected chi connectivity index (χ4v) is 2.71. The van der Waals surface area contributed by atoms with Crippen LogP contribution in [0.15, 0.2) is 24.3 Å². The number of nitrogens with zero attached hydrogens (tertiary/aromatic N) is 1. The van der Waals surface area contributed by atoms with E-state index in [1.54, 1.807) is 7.11 Å². The molecule has 0 aromatic heterocycles. The molecular weight excluding hydrogens is 226 g/mol. The zero-order valence-electron chi connectivity index (χ0n) is 11.2. The number of hydrogen-bond acceptors (Lipinski definition) is 2. The van der Waals surface area contributed by atoms with Crippen LogP contribution in [0.2, 0.25) is 0 Å². The van der Waals surface area contributed by atoms with E-state index in [-0.39, 0.29) is 5.91 Å². The van der Waals surface area contributed by atoms with Gasteiger partial charge in [-0.1, -0.05) is 18.9 Å². The number of carbonyl (C=O) groups excluding carboxylic acids is 1. The van der Waals surface area contributed by atoms with Crippen LogP contribution in [-0.2, 0) is 0 Å². The molecule has 0 unspecified atom stereocenters. The van der Waals surface area contributed by atoms with Gasteiger partial charge < -0.3 is 9.64 Å². The van der Waals surface area contributed by atoms with Crippen LogP contribution >= 0.6 is 0 Å². The van der Waals surface area contributed by atoms with Gasteiger partial charge in [0.2, 0.25) is 0 Å². The Kier molecular flexibility index (Phi) is 4.24. The molecule has 3 heteroatoms. The zero-order valence-corrected chi connectivity index (χ0v) is 11.2. The first-order chi connectivity index (χ1) is 8.76. The molecule has 0 bridgehead atoms. The van der Waals surface area contributed by atoms with E-state index in [4.69, 9.17) is 4.74 Å². The summed E-state index contributed by atoms with van der Waals surface area (Å²) in [4.78, 5) is 14.5. The van der Waals surface area contributed by atoms with E-state index in [0.717, 1.165) is 30.7 Å². The van der Waals surface area contributed by atoms with Crippen molar-refractivity contribution in [2.24, 2.45) is 0 Å². The molecule has 1 aromatic rings. The van der Waals surface area contributed by atoms with Gasteiger partial charge >= 0.3 is 0 Å². The fraction of sp³-hybridized carbons (Fsp3) is 0.533. The van der Waals surface area contributed by atoms with Crippen LogP contribution < -0.4 is 4.74 Å². The molecule has 0 spiro atoms. The summed E-state index contributed by atoms with van der Waals surface area (Å²) in [6.07, 6.45) is 4.77. The number of hydrogen-bond donors (Lipinski definition) is 0. The van der Waals surface area contributed by atoms with E-state index in [9.17, 15) is 4.79 Å². The Morgan fingerprint density at radius 2 is 2.11 bits per heavy atom. The molecule has 0 radical (unpaired) electrons. The van der Waals surface area contributed by atoms with Gasteiger partial charge in [0.25, 0.3) is 5.91 Å². The largest absolute Gasteiger partial charge is 0.497 e. The minimum Gasteiger partial charge on any atom is -0.497 e. The summed E-state index contributed by atoms with van der Waals surface area (Å²) in [5.74, 6) is 0.867. The summed E-state index contributed by atoms with van der Waals surface area (Å²) in [5, 5.41) is 0. The number of benzene rings is 1. The lowest BCUT2D eigenvalue weighted by Crippen LogP contribution is -2.38. The maximum atomic E-state index is 12.5. The average molecular weight is 247 g/mol. The van der Waals surface area contributed by atoms with Crippen molar-refractivity contribution in [1.82, 2.24) is 4.90 Å². The Balaban J connectivity index is 2.16. The van der Waals surface area contributed by atoms with Crippen molar-refractivity contribution in [1.29, 1.82) is 0 Å². The van der Waals surface area contributed by atoms with Crippen molar-refractivity contribution in [2.75, 3.05) is 13.7 Å². The second-order valence-electron chi connectivity index (χ2n) is 4.76. The van der Waals surface area contributed by atoms with Crippen molar-refractivity contribution in [3.05, 3.63) is 29.8 Å². The molecule has 0 aliphatic heterocycles. The average Bonchev–Trinajstić information content (AvgIpc) is 2.93. The Hall–Kier alpha value is -1.51. The normalized spacial score (nSPS) is 15.7. The molecule has 2 rings (SSSR count). The minimum atomic E-state index is 0.128. The maximum Gasteiger partial charge on any atom is 0.254 e. The molecule has 0 saturated heterocycles. The van der Waals surface area contributed by atoms with Gasteiger partial charge in [-0.3, -0.25) is 4.79 Å².